The molecule has 2 amide bonds. The van der Waals surface area contributed by atoms with Crippen molar-refractivity contribution in [3.63, 3.8) is 0 Å². The van der Waals surface area contributed by atoms with E-state index in [2.05, 4.69) is 10.6 Å². The van der Waals surface area contributed by atoms with Gasteiger partial charge in [-0.15, -0.1) is 11.3 Å². The van der Waals surface area contributed by atoms with Crippen molar-refractivity contribution < 1.29 is 14.3 Å². The Bertz CT molecular complexity index is 707. The summed E-state index contributed by atoms with van der Waals surface area (Å²) >= 11 is 13.2. The maximum absolute atomic E-state index is 12.0. The molecule has 0 aliphatic heterocycles. The molecule has 0 bridgehead atoms. The Hall–Kier alpha value is -1.76. The van der Waals surface area contributed by atoms with Crippen molar-refractivity contribution in [3.8, 4) is 5.75 Å². The van der Waals surface area contributed by atoms with Gasteiger partial charge in [-0.3, -0.25) is 9.59 Å². The van der Waals surface area contributed by atoms with E-state index in [0.29, 0.717) is 33.8 Å². The molecule has 1 aromatic heterocycles. The molecular formula is C16H16Cl2N2O3S. The SMILES string of the molecule is CC(Oc1ccc(Cl)cc1Cl)C(=O)NCCNC(=O)c1cccs1. The average Bonchev–Trinajstić information content (AvgIpc) is 3.08. The van der Waals surface area contributed by atoms with Crippen molar-refractivity contribution in [1.29, 1.82) is 0 Å². The zero-order valence-electron chi connectivity index (χ0n) is 12.8. The van der Waals surface area contributed by atoms with E-state index in [4.69, 9.17) is 27.9 Å². The third-order valence-corrected chi connectivity index (χ3v) is 4.42. The van der Waals surface area contributed by atoms with E-state index in [1.54, 1.807) is 31.2 Å². The first-order valence-corrected chi connectivity index (χ1v) is 8.82. The lowest BCUT2D eigenvalue weighted by molar-refractivity contribution is -0.127. The molecule has 24 heavy (non-hydrogen) atoms. The van der Waals surface area contributed by atoms with Crippen LogP contribution in [0.4, 0.5) is 0 Å². The number of ether oxygens (including phenoxy) is 1. The van der Waals surface area contributed by atoms with Gasteiger partial charge in [0.1, 0.15) is 5.75 Å². The molecule has 128 valence electrons. The van der Waals surface area contributed by atoms with Gasteiger partial charge in [0.25, 0.3) is 11.8 Å². The summed E-state index contributed by atoms with van der Waals surface area (Å²) in [5, 5.41) is 8.08. The van der Waals surface area contributed by atoms with Gasteiger partial charge in [-0.1, -0.05) is 29.3 Å². The highest BCUT2D eigenvalue weighted by molar-refractivity contribution is 7.12. The number of carbonyl (C=O) groups is 2. The van der Waals surface area contributed by atoms with Crippen LogP contribution in [0, 0.1) is 0 Å². The molecule has 5 nitrogen and oxygen atoms in total. The van der Waals surface area contributed by atoms with Crippen LogP contribution in [0.2, 0.25) is 10.0 Å². The molecule has 2 rings (SSSR count). The van der Waals surface area contributed by atoms with Crippen LogP contribution < -0.4 is 15.4 Å². The molecule has 0 saturated carbocycles. The third-order valence-electron chi connectivity index (χ3n) is 3.02. The third kappa shape index (κ3) is 5.40. The van der Waals surface area contributed by atoms with Gasteiger partial charge in [0.2, 0.25) is 0 Å². The van der Waals surface area contributed by atoms with E-state index in [9.17, 15) is 9.59 Å². The summed E-state index contributed by atoms with van der Waals surface area (Å²) in [5.74, 6) is -0.0717. The lowest BCUT2D eigenvalue weighted by Crippen LogP contribution is -2.40. The Morgan fingerprint density at radius 3 is 2.62 bits per heavy atom. The van der Waals surface area contributed by atoms with Crippen LogP contribution in [0.25, 0.3) is 0 Å². The second kappa shape index (κ2) is 8.92. The highest BCUT2D eigenvalue weighted by Gasteiger charge is 2.16. The van der Waals surface area contributed by atoms with Crippen molar-refractivity contribution in [2.45, 2.75) is 13.0 Å². The molecule has 8 heteroatoms. The van der Waals surface area contributed by atoms with E-state index >= 15 is 0 Å². The molecule has 1 aromatic carbocycles. The van der Waals surface area contributed by atoms with Gasteiger partial charge in [-0.2, -0.15) is 0 Å². The molecule has 0 aliphatic rings. The van der Waals surface area contributed by atoms with Crippen LogP contribution in [0.1, 0.15) is 16.6 Å². The summed E-state index contributed by atoms with van der Waals surface area (Å²) in [7, 11) is 0. The largest absolute Gasteiger partial charge is 0.479 e. The summed E-state index contributed by atoms with van der Waals surface area (Å²) < 4.78 is 5.51. The number of nitrogens with one attached hydrogen (secondary N) is 2. The molecule has 0 saturated heterocycles. The predicted octanol–water partition coefficient (Wildman–Crippen LogP) is 3.37. The molecule has 0 aliphatic carbocycles. The highest BCUT2D eigenvalue weighted by Crippen LogP contribution is 2.28. The highest BCUT2D eigenvalue weighted by atomic mass is 35.5. The number of carbonyl (C=O) groups excluding carboxylic acids is 2. The fourth-order valence-electron chi connectivity index (χ4n) is 1.82. The molecule has 0 fully saturated rings. The van der Waals surface area contributed by atoms with Crippen molar-refractivity contribution in [1.82, 2.24) is 10.6 Å². The number of hydrogen-bond donors (Lipinski definition) is 2. The van der Waals surface area contributed by atoms with Gasteiger partial charge in [-0.05, 0) is 36.6 Å². The molecule has 2 N–H and O–H groups in total. The molecule has 2 aromatic rings. The van der Waals surface area contributed by atoms with Crippen LogP contribution >= 0.6 is 34.5 Å². The first-order chi connectivity index (χ1) is 11.5. The lowest BCUT2D eigenvalue weighted by atomic mass is 10.3. The van der Waals surface area contributed by atoms with E-state index in [0.717, 1.165) is 0 Å². The number of hydrogen-bond acceptors (Lipinski definition) is 4. The van der Waals surface area contributed by atoms with Gasteiger partial charge < -0.3 is 15.4 Å². The van der Waals surface area contributed by atoms with Crippen LogP contribution in [-0.2, 0) is 4.79 Å². The van der Waals surface area contributed by atoms with E-state index in [-0.39, 0.29) is 11.8 Å². The fourth-order valence-corrected chi connectivity index (χ4v) is 2.91. The molecule has 1 atom stereocenters. The van der Waals surface area contributed by atoms with Crippen LogP contribution in [0.15, 0.2) is 35.7 Å². The maximum atomic E-state index is 12.0. The average molecular weight is 387 g/mol. The Labute approximate surface area is 153 Å². The Kier molecular flexibility index (Phi) is 6.90. The van der Waals surface area contributed by atoms with E-state index in [1.165, 1.54) is 11.3 Å². The summed E-state index contributed by atoms with van der Waals surface area (Å²) in [4.78, 5) is 24.3. The maximum Gasteiger partial charge on any atom is 0.261 e. The van der Waals surface area contributed by atoms with Crippen LogP contribution in [-0.4, -0.2) is 31.0 Å². The Morgan fingerprint density at radius 1 is 1.21 bits per heavy atom. The van der Waals surface area contributed by atoms with Gasteiger partial charge >= 0.3 is 0 Å². The van der Waals surface area contributed by atoms with Crippen molar-refractivity contribution in [3.05, 3.63) is 50.6 Å². The number of amides is 2. The molecule has 1 heterocycles. The minimum atomic E-state index is -0.725. The summed E-state index contributed by atoms with van der Waals surface area (Å²) in [5.41, 5.74) is 0. The Balaban J connectivity index is 1.72. The fraction of sp³-hybridized carbons (Fsp3) is 0.250. The second-order valence-electron chi connectivity index (χ2n) is 4.86. The molecule has 0 spiro atoms. The summed E-state index contributed by atoms with van der Waals surface area (Å²) in [6.07, 6.45) is -0.725. The van der Waals surface area contributed by atoms with Gasteiger partial charge in [0.05, 0.1) is 9.90 Å². The van der Waals surface area contributed by atoms with Crippen molar-refractivity contribution in [2.75, 3.05) is 13.1 Å². The Morgan fingerprint density at radius 2 is 1.96 bits per heavy atom. The lowest BCUT2D eigenvalue weighted by Gasteiger charge is -2.15. The van der Waals surface area contributed by atoms with Crippen LogP contribution in [0.5, 0.6) is 5.75 Å². The number of halogens is 2. The summed E-state index contributed by atoms with van der Waals surface area (Å²) in [6, 6.07) is 8.33. The van der Waals surface area contributed by atoms with Gasteiger partial charge in [0.15, 0.2) is 6.10 Å². The van der Waals surface area contributed by atoms with E-state index in [1.807, 2.05) is 11.4 Å². The molecular weight excluding hydrogens is 371 g/mol. The number of rotatable bonds is 7. The second-order valence-corrected chi connectivity index (χ2v) is 6.65. The monoisotopic (exact) mass is 386 g/mol. The number of benzene rings is 1. The van der Waals surface area contributed by atoms with Crippen LogP contribution in [0.3, 0.4) is 0 Å². The van der Waals surface area contributed by atoms with Gasteiger partial charge in [0, 0.05) is 18.1 Å². The molecule has 0 radical (unpaired) electrons. The molecule has 1 unspecified atom stereocenters. The minimum Gasteiger partial charge on any atom is -0.479 e. The topological polar surface area (TPSA) is 67.4 Å². The first-order valence-electron chi connectivity index (χ1n) is 7.18. The summed E-state index contributed by atoms with van der Waals surface area (Å²) in [6.45, 7) is 2.25. The van der Waals surface area contributed by atoms with Gasteiger partial charge in [-0.25, -0.2) is 0 Å². The van der Waals surface area contributed by atoms with E-state index < -0.39 is 6.10 Å². The van der Waals surface area contributed by atoms with Crippen molar-refractivity contribution in [2.24, 2.45) is 0 Å². The predicted molar refractivity (Wildman–Crippen MR) is 96.2 cm³/mol. The zero-order valence-corrected chi connectivity index (χ0v) is 15.2. The number of thiophene rings is 1. The standard InChI is InChI=1S/C16H16Cl2N2O3S/c1-10(23-13-5-4-11(17)9-12(13)18)15(21)19-6-7-20-16(22)14-3-2-8-24-14/h2-5,8-10H,6-7H2,1H3,(H,19,21)(H,20,22). The normalized spacial score (nSPS) is 11.6. The minimum absolute atomic E-state index is 0.156. The quantitative estimate of drug-likeness (QED) is 0.716. The zero-order chi connectivity index (χ0) is 17.5. The van der Waals surface area contributed by atoms with Crippen molar-refractivity contribution >= 4 is 46.4 Å². The smallest absolute Gasteiger partial charge is 0.261 e. The first kappa shape index (κ1) is 18.6.